The van der Waals surface area contributed by atoms with Gasteiger partial charge in [0, 0.05) is 30.4 Å². The number of carbonyl (C=O) groups is 1. The van der Waals surface area contributed by atoms with Crippen LogP contribution >= 0.6 is 11.3 Å². The summed E-state index contributed by atoms with van der Waals surface area (Å²) < 4.78 is 6.10. The molecule has 1 aliphatic carbocycles. The molecule has 0 aromatic carbocycles. The molecule has 0 unspecified atom stereocenters. The minimum Gasteiger partial charge on any atom is -0.447 e. The predicted molar refractivity (Wildman–Crippen MR) is 104 cm³/mol. The highest BCUT2D eigenvalue weighted by atomic mass is 32.1. The molecule has 9 heteroatoms. The van der Waals surface area contributed by atoms with E-state index >= 15 is 0 Å². The summed E-state index contributed by atoms with van der Waals surface area (Å²) >= 11 is 1.55. The second-order valence-corrected chi connectivity index (χ2v) is 7.92. The van der Waals surface area contributed by atoms with Gasteiger partial charge < -0.3 is 15.4 Å². The van der Waals surface area contributed by atoms with Gasteiger partial charge in [-0.1, -0.05) is 0 Å². The molecule has 8 nitrogen and oxygen atoms in total. The van der Waals surface area contributed by atoms with Crippen LogP contribution < -0.4 is 10.6 Å². The Morgan fingerprint density at radius 2 is 2.26 bits per heavy atom. The van der Waals surface area contributed by atoms with Gasteiger partial charge in [-0.3, -0.25) is 5.10 Å². The number of nitrogens with zero attached hydrogens (tertiary/aromatic N) is 3. The number of alkyl carbamates (subject to hydrolysis) is 1. The van der Waals surface area contributed by atoms with Gasteiger partial charge in [0.1, 0.15) is 0 Å². The average Bonchev–Trinajstić information content (AvgIpc) is 3.22. The van der Waals surface area contributed by atoms with E-state index in [1.54, 1.807) is 17.5 Å². The molecule has 1 fully saturated rings. The molecule has 0 aliphatic heterocycles. The van der Waals surface area contributed by atoms with E-state index < -0.39 is 0 Å². The third-order valence-corrected chi connectivity index (χ3v) is 5.49. The van der Waals surface area contributed by atoms with Gasteiger partial charge in [-0.05, 0) is 38.7 Å². The van der Waals surface area contributed by atoms with Crippen molar-refractivity contribution in [1.82, 2.24) is 25.5 Å². The van der Waals surface area contributed by atoms with Crippen LogP contribution in [-0.2, 0) is 4.74 Å². The number of amides is 1. The Hall–Kier alpha value is -2.68. The molecule has 1 aliphatic rings. The quantitative estimate of drug-likeness (QED) is 0.595. The first-order valence-electron chi connectivity index (χ1n) is 9.03. The van der Waals surface area contributed by atoms with Crippen LogP contribution in [0.3, 0.4) is 0 Å². The first kappa shape index (κ1) is 17.7. The molecule has 0 bridgehead atoms. The van der Waals surface area contributed by atoms with Crippen LogP contribution in [0.2, 0.25) is 0 Å². The lowest BCUT2D eigenvalue weighted by Gasteiger charge is -2.34. The molecule has 3 aromatic rings. The fourth-order valence-corrected chi connectivity index (χ4v) is 3.98. The summed E-state index contributed by atoms with van der Waals surface area (Å²) in [6.07, 6.45) is 3.34. The smallest absolute Gasteiger partial charge is 0.407 e. The normalized spacial score (nSPS) is 19.1. The van der Waals surface area contributed by atoms with Crippen LogP contribution in [0.4, 0.5) is 16.4 Å². The van der Waals surface area contributed by atoms with E-state index in [9.17, 15) is 4.79 Å². The van der Waals surface area contributed by atoms with E-state index in [0.29, 0.717) is 18.4 Å². The summed E-state index contributed by atoms with van der Waals surface area (Å²) in [5.41, 5.74) is 3.85. The van der Waals surface area contributed by atoms with Crippen LogP contribution in [0.25, 0.3) is 10.2 Å². The number of ether oxygens (including phenoxy) is 1. The summed E-state index contributed by atoms with van der Waals surface area (Å²) in [4.78, 5) is 20.2. The molecule has 4 rings (SSSR count). The third kappa shape index (κ3) is 4.02. The van der Waals surface area contributed by atoms with Crippen molar-refractivity contribution in [2.75, 3.05) is 11.9 Å². The number of carbonyl (C=O) groups excluding carboxylic acids is 1. The Morgan fingerprint density at radius 1 is 1.41 bits per heavy atom. The summed E-state index contributed by atoms with van der Waals surface area (Å²) in [5, 5.41) is 13.6. The highest BCUT2D eigenvalue weighted by Crippen LogP contribution is 2.41. The van der Waals surface area contributed by atoms with Crippen LogP contribution in [0.5, 0.6) is 0 Å². The first-order valence-corrected chi connectivity index (χ1v) is 9.91. The van der Waals surface area contributed by atoms with Gasteiger partial charge in [-0.15, -0.1) is 11.3 Å². The molecule has 0 saturated heterocycles. The van der Waals surface area contributed by atoms with Gasteiger partial charge in [0.05, 0.1) is 21.8 Å². The number of aromatic nitrogens is 4. The van der Waals surface area contributed by atoms with Crippen molar-refractivity contribution in [3.05, 3.63) is 29.5 Å². The third-order valence-electron chi connectivity index (χ3n) is 4.64. The SMILES string of the molecule is CC(C)OC(=O)NCC1CC(c2cc(Nc3nccc4ncsc34)n[nH]2)C1. The van der Waals surface area contributed by atoms with E-state index in [0.717, 1.165) is 40.4 Å². The molecule has 142 valence electrons. The summed E-state index contributed by atoms with van der Waals surface area (Å²) in [6.45, 7) is 4.33. The lowest BCUT2D eigenvalue weighted by atomic mass is 9.73. The standard InChI is InChI=1S/C18H22N6O2S/c1-10(2)26-18(25)20-8-11-5-12(6-11)14-7-15(24-23-14)22-17-16-13(3-4-19-17)21-9-27-16/h3-4,7,9-12H,5-6,8H2,1-2H3,(H,20,25)(H2,19,22,23,24). The van der Waals surface area contributed by atoms with Crippen LogP contribution in [0.1, 0.15) is 38.3 Å². The van der Waals surface area contributed by atoms with E-state index in [4.69, 9.17) is 4.74 Å². The number of pyridine rings is 1. The van der Waals surface area contributed by atoms with Crippen molar-refractivity contribution < 1.29 is 9.53 Å². The number of anilines is 2. The number of fused-ring (bicyclic) bond motifs is 1. The fraction of sp³-hybridized carbons (Fsp3) is 0.444. The monoisotopic (exact) mass is 386 g/mol. The first-order chi connectivity index (χ1) is 13.1. The maximum atomic E-state index is 11.5. The van der Waals surface area contributed by atoms with Gasteiger partial charge in [0.15, 0.2) is 11.6 Å². The van der Waals surface area contributed by atoms with E-state index in [-0.39, 0.29) is 12.2 Å². The Balaban J connectivity index is 1.29. The molecule has 3 aromatic heterocycles. The lowest BCUT2D eigenvalue weighted by Crippen LogP contribution is -2.36. The number of H-pyrrole nitrogens is 1. The molecule has 0 spiro atoms. The molecule has 3 heterocycles. The zero-order chi connectivity index (χ0) is 18.8. The van der Waals surface area contributed by atoms with E-state index in [1.807, 2.05) is 31.5 Å². The molecule has 0 atom stereocenters. The van der Waals surface area contributed by atoms with Crippen molar-refractivity contribution in [2.24, 2.45) is 5.92 Å². The molecule has 1 saturated carbocycles. The Kier molecular flexibility index (Phi) is 4.93. The van der Waals surface area contributed by atoms with Crippen LogP contribution in [0.15, 0.2) is 23.8 Å². The van der Waals surface area contributed by atoms with Crippen molar-refractivity contribution in [3.63, 3.8) is 0 Å². The van der Waals surface area contributed by atoms with Gasteiger partial charge in [0.25, 0.3) is 0 Å². The van der Waals surface area contributed by atoms with Crippen LogP contribution in [0, 0.1) is 5.92 Å². The molecule has 1 amide bonds. The second kappa shape index (κ2) is 7.51. The van der Waals surface area contributed by atoms with Gasteiger partial charge >= 0.3 is 6.09 Å². The molecule has 3 N–H and O–H groups in total. The highest BCUT2D eigenvalue weighted by molar-refractivity contribution is 7.17. The number of nitrogens with one attached hydrogen (secondary N) is 3. The summed E-state index contributed by atoms with van der Waals surface area (Å²) in [5.74, 6) is 2.43. The lowest BCUT2D eigenvalue weighted by molar-refractivity contribution is 0.111. The molecular formula is C18H22N6O2S. The zero-order valence-corrected chi connectivity index (χ0v) is 16.0. The maximum Gasteiger partial charge on any atom is 0.407 e. The van der Waals surface area contributed by atoms with Gasteiger partial charge in [-0.2, -0.15) is 5.10 Å². The fourth-order valence-electron chi connectivity index (χ4n) is 3.25. The topological polar surface area (TPSA) is 105 Å². The predicted octanol–water partition coefficient (Wildman–Crippen LogP) is 3.79. The summed E-state index contributed by atoms with van der Waals surface area (Å²) in [7, 11) is 0. The van der Waals surface area contributed by atoms with Crippen molar-refractivity contribution in [3.8, 4) is 0 Å². The summed E-state index contributed by atoms with van der Waals surface area (Å²) in [6, 6.07) is 3.93. The van der Waals surface area contributed by atoms with Crippen molar-refractivity contribution in [1.29, 1.82) is 0 Å². The Morgan fingerprint density at radius 3 is 3.07 bits per heavy atom. The Bertz CT molecular complexity index is 931. The van der Waals surface area contributed by atoms with Gasteiger partial charge in [-0.25, -0.2) is 14.8 Å². The maximum absolute atomic E-state index is 11.5. The number of hydrogen-bond acceptors (Lipinski definition) is 7. The minimum atomic E-state index is -0.341. The number of thiazole rings is 1. The van der Waals surface area contributed by atoms with E-state index in [2.05, 4.69) is 30.8 Å². The number of hydrogen-bond donors (Lipinski definition) is 3. The second-order valence-electron chi connectivity index (χ2n) is 7.06. The average molecular weight is 386 g/mol. The molecule has 27 heavy (non-hydrogen) atoms. The van der Waals surface area contributed by atoms with Crippen molar-refractivity contribution in [2.45, 2.75) is 38.7 Å². The van der Waals surface area contributed by atoms with Crippen molar-refractivity contribution >= 4 is 39.3 Å². The zero-order valence-electron chi connectivity index (χ0n) is 15.2. The number of aromatic amines is 1. The highest BCUT2D eigenvalue weighted by Gasteiger charge is 2.32. The van der Waals surface area contributed by atoms with E-state index in [1.165, 1.54) is 0 Å². The number of rotatable bonds is 6. The largest absolute Gasteiger partial charge is 0.447 e. The molecular weight excluding hydrogens is 364 g/mol. The minimum absolute atomic E-state index is 0.0969. The van der Waals surface area contributed by atoms with Gasteiger partial charge in [0.2, 0.25) is 0 Å². The van der Waals surface area contributed by atoms with Crippen LogP contribution in [-0.4, -0.2) is 38.9 Å². The molecule has 0 radical (unpaired) electrons. The Labute approximate surface area is 160 Å².